The Balaban J connectivity index is 0.00000162. The lowest BCUT2D eigenvalue weighted by atomic mass is 10.1. The van der Waals surface area contributed by atoms with Crippen LogP contribution in [-0.4, -0.2) is 25.6 Å². The summed E-state index contributed by atoms with van der Waals surface area (Å²) in [4.78, 5) is 10.9. The van der Waals surface area contributed by atoms with E-state index < -0.39 is 0 Å². The van der Waals surface area contributed by atoms with Crippen molar-refractivity contribution in [3.63, 3.8) is 0 Å². The van der Waals surface area contributed by atoms with Gasteiger partial charge in [-0.1, -0.05) is 6.07 Å². The molecule has 2 N–H and O–H groups in total. The van der Waals surface area contributed by atoms with E-state index in [0.717, 1.165) is 31.1 Å². The molecule has 18 heavy (non-hydrogen) atoms. The van der Waals surface area contributed by atoms with Crippen molar-refractivity contribution >= 4 is 24.0 Å². The van der Waals surface area contributed by atoms with E-state index in [-0.39, 0.29) is 18.3 Å². The van der Waals surface area contributed by atoms with Crippen molar-refractivity contribution in [3.05, 3.63) is 24.3 Å². The molecule has 1 aliphatic heterocycles. The molecule has 1 fully saturated rings. The van der Waals surface area contributed by atoms with E-state index in [1.54, 1.807) is 0 Å². The Hall–Kier alpha value is -1.26. The van der Waals surface area contributed by atoms with Crippen LogP contribution in [0.25, 0.3) is 0 Å². The molecule has 5 heteroatoms. The van der Waals surface area contributed by atoms with Gasteiger partial charge in [-0.2, -0.15) is 0 Å². The largest absolute Gasteiger partial charge is 0.493 e. The van der Waals surface area contributed by atoms with E-state index in [2.05, 4.69) is 10.6 Å². The Labute approximate surface area is 114 Å². The van der Waals surface area contributed by atoms with E-state index in [1.165, 1.54) is 13.3 Å². The summed E-state index contributed by atoms with van der Waals surface area (Å²) in [5.41, 5.74) is 0.777. The third kappa shape index (κ3) is 4.55. The van der Waals surface area contributed by atoms with E-state index in [1.807, 2.05) is 24.3 Å². The monoisotopic (exact) mass is 270 g/mol. The molecule has 1 aromatic carbocycles. The van der Waals surface area contributed by atoms with Gasteiger partial charge in [0.1, 0.15) is 5.75 Å². The number of carbonyl (C=O) groups is 1. The maximum absolute atomic E-state index is 10.9. The van der Waals surface area contributed by atoms with Gasteiger partial charge in [-0.05, 0) is 25.1 Å². The Bertz CT molecular complexity index is 392. The average molecular weight is 271 g/mol. The minimum absolute atomic E-state index is 0. The highest BCUT2D eigenvalue weighted by atomic mass is 35.5. The van der Waals surface area contributed by atoms with Crippen molar-refractivity contribution in [1.82, 2.24) is 5.32 Å². The van der Waals surface area contributed by atoms with Crippen molar-refractivity contribution in [2.75, 3.05) is 25.0 Å². The number of hydrogen-bond acceptors (Lipinski definition) is 3. The van der Waals surface area contributed by atoms with Gasteiger partial charge in [-0.15, -0.1) is 12.4 Å². The normalized spacial score (nSPS) is 17.9. The number of amides is 1. The highest BCUT2D eigenvalue weighted by molar-refractivity contribution is 5.88. The standard InChI is InChI=1S/C13H18N2O2.ClH/c1-10(16)15-12-3-2-4-13(7-12)17-9-11-5-6-14-8-11;/h2-4,7,11,14H,5-6,8-9H2,1H3,(H,15,16);1H. The maximum Gasteiger partial charge on any atom is 0.221 e. The Morgan fingerprint density at radius 2 is 2.39 bits per heavy atom. The lowest BCUT2D eigenvalue weighted by molar-refractivity contribution is -0.114. The van der Waals surface area contributed by atoms with Gasteiger partial charge in [-0.25, -0.2) is 0 Å². The van der Waals surface area contributed by atoms with Crippen LogP contribution in [0.15, 0.2) is 24.3 Å². The number of benzene rings is 1. The van der Waals surface area contributed by atoms with Crippen molar-refractivity contribution in [2.45, 2.75) is 13.3 Å². The van der Waals surface area contributed by atoms with Crippen LogP contribution in [0.3, 0.4) is 0 Å². The summed E-state index contributed by atoms with van der Waals surface area (Å²) in [7, 11) is 0. The second-order valence-corrected chi connectivity index (χ2v) is 4.38. The summed E-state index contributed by atoms with van der Waals surface area (Å²) < 4.78 is 5.72. The topological polar surface area (TPSA) is 50.4 Å². The fraction of sp³-hybridized carbons (Fsp3) is 0.462. The zero-order valence-electron chi connectivity index (χ0n) is 10.4. The van der Waals surface area contributed by atoms with Crippen molar-refractivity contribution in [3.8, 4) is 5.75 Å². The van der Waals surface area contributed by atoms with Gasteiger partial charge in [0, 0.05) is 31.1 Å². The van der Waals surface area contributed by atoms with Crippen LogP contribution in [0.5, 0.6) is 5.75 Å². The third-order valence-electron chi connectivity index (χ3n) is 2.80. The summed E-state index contributed by atoms with van der Waals surface area (Å²) in [6.45, 7) is 4.35. The van der Waals surface area contributed by atoms with Crippen LogP contribution >= 0.6 is 12.4 Å². The second kappa shape index (κ2) is 7.24. The molecule has 1 heterocycles. The molecular weight excluding hydrogens is 252 g/mol. The number of halogens is 1. The zero-order valence-corrected chi connectivity index (χ0v) is 11.3. The number of rotatable bonds is 4. The summed E-state index contributed by atoms with van der Waals surface area (Å²) in [5.74, 6) is 1.34. The molecule has 0 bridgehead atoms. The van der Waals surface area contributed by atoms with E-state index in [4.69, 9.17) is 4.74 Å². The van der Waals surface area contributed by atoms with Crippen LogP contribution in [0.1, 0.15) is 13.3 Å². The van der Waals surface area contributed by atoms with Crippen LogP contribution in [0.4, 0.5) is 5.69 Å². The lowest BCUT2D eigenvalue weighted by Gasteiger charge is -2.11. The van der Waals surface area contributed by atoms with E-state index in [0.29, 0.717) is 5.92 Å². The number of carbonyl (C=O) groups excluding carboxylic acids is 1. The Kier molecular flexibility index (Phi) is 5.95. The predicted molar refractivity (Wildman–Crippen MR) is 74.5 cm³/mol. The van der Waals surface area contributed by atoms with Crippen LogP contribution in [0, 0.1) is 5.92 Å². The molecular formula is C13H19ClN2O2. The second-order valence-electron chi connectivity index (χ2n) is 4.38. The number of anilines is 1. The molecule has 1 aromatic rings. The zero-order chi connectivity index (χ0) is 12.1. The molecule has 2 rings (SSSR count). The van der Waals surface area contributed by atoms with E-state index in [9.17, 15) is 4.79 Å². The van der Waals surface area contributed by atoms with Gasteiger partial charge in [0.05, 0.1) is 6.61 Å². The predicted octanol–water partition coefficient (Wildman–Crippen LogP) is 2.06. The van der Waals surface area contributed by atoms with Crippen molar-refractivity contribution in [2.24, 2.45) is 5.92 Å². The van der Waals surface area contributed by atoms with Gasteiger partial charge in [0.15, 0.2) is 0 Å². The number of nitrogens with one attached hydrogen (secondary N) is 2. The average Bonchev–Trinajstić information content (AvgIpc) is 2.79. The summed E-state index contributed by atoms with van der Waals surface area (Å²) in [5, 5.41) is 6.05. The number of hydrogen-bond donors (Lipinski definition) is 2. The summed E-state index contributed by atoms with van der Waals surface area (Å²) >= 11 is 0. The molecule has 1 atom stereocenters. The van der Waals surface area contributed by atoms with Crippen LogP contribution in [-0.2, 0) is 4.79 Å². The molecule has 0 aliphatic carbocycles. The van der Waals surface area contributed by atoms with Gasteiger partial charge < -0.3 is 15.4 Å². The first-order chi connectivity index (χ1) is 8.24. The first kappa shape index (κ1) is 14.8. The fourth-order valence-corrected chi connectivity index (χ4v) is 1.94. The molecule has 1 aliphatic rings. The SMILES string of the molecule is CC(=O)Nc1cccc(OCC2CCNC2)c1.Cl. The van der Waals surface area contributed by atoms with E-state index >= 15 is 0 Å². The molecule has 0 spiro atoms. The van der Waals surface area contributed by atoms with Gasteiger partial charge in [-0.3, -0.25) is 4.79 Å². The quantitative estimate of drug-likeness (QED) is 0.881. The molecule has 1 amide bonds. The summed E-state index contributed by atoms with van der Waals surface area (Å²) in [6, 6.07) is 7.50. The van der Waals surface area contributed by atoms with Crippen LogP contribution in [0.2, 0.25) is 0 Å². The number of ether oxygens (including phenoxy) is 1. The van der Waals surface area contributed by atoms with Gasteiger partial charge in [0.2, 0.25) is 5.91 Å². The molecule has 0 saturated carbocycles. The maximum atomic E-state index is 10.9. The smallest absolute Gasteiger partial charge is 0.221 e. The lowest BCUT2D eigenvalue weighted by Crippen LogP contribution is -2.15. The molecule has 1 saturated heterocycles. The van der Waals surface area contributed by atoms with Crippen molar-refractivity contribution in [1.29, 1.82) is 0 Å². The minimum Gasteiger partial charge on any atom is -0.493 e. The summed E-state index contributed by atoms with van der Waals surface area (Å²) in [6.07, 6.45) is 1.17. The molecule has 1 unspecified atom stereocenters. The Morgan fingerprint density at radius 3 is 3.06 bits per heavy atom. The minimum atomic E-state index is -0.0675. The van der Waals surface area contributed by atoms with Gasteiger partial charge in [0.25, 0.3) is 0 Å². The van der Waals surface area contributed by atoms with Gasteiger partial charge >= 0.3 is 0 Å². The molecule has 0 radical (unpaired) electrons. The van der Waals surface area contributed by atoms with Crippen molar-refractivity contribution < 1.29 is 9.53 Å². The Morgan fingerprint density at radius 1 is 1.56 bits per heavy atom. The fourth-order valence-electron chi connectivity index (χ4n) is 1.94. The first-order valence-electron chi connectivity index (χ1n) is 5.95. The molecule has 100 valence electrons. The van der Waals surface area contributed by atoms with Crippen LogP contribution < -0.4 is 15.4 Å². The molecule has 4 nitrogen and oxygen atoms in total. The molecule has 0 aromatic heterocycles. The highest BCUT2D eigenvalue weighted by Crippen LogP contribution is 2.19. The third-order valence-corrected chi connectivity index (χ3v) is 2.80. The highest BCUT2D eigenvalue weighted by Gasteiger charge is 2.14. The first-order valence-corrected chi connectivity index (χ1v) is 5.95.